The zero-order chi connectivity index (χ0) is 31.1. The highest BCUT2D eigenvalue weighted by atomic mass is 32.2. The largest absolute Gasteiger partial charge is 0.455 e. The van der Waals surface area contributed by atoms with Crippen molar-refractivity contribution in [3.8, 4) is 11.5 Å². The van der Waals surface area contributed by atoms with Crippen molar-refractivity contribution < 1.29 is 22.4 Å². The Hall–Kier alpha value is -3.19. The number of likely N-dealkylation sites (tertiary alicyclic amines) is 1. The number of ether oxygens (including phenoxy) is 1. The summed E-state index contributed by atoms with van der Waals surface area (Å²) >= 11 is 0. The Balaban J connectivity index is 1.24. The Morgan fingerprint density at radius 2 is 1.84 bits per heavy atom. The van der Waals surface area contributed by atoms with Crippen LogP contribution in [-0.4, -0.2) is 65.9 Å². The predicted molar refractivity (Wildman–Crippen MR) is 170 cm³/mol. The monoisotopic (exact) mass is 623 g/mol. The topological polar surface area (TPSA) is 107 Å². The molecule has 1 saturated carbocycles. The number of nitrogens with zero attached hydrogens (tertiary/aromatic N) is 4. The lowest BCUT2D eigenvalue weighted by molar-refractivity contribution is -0.0285. The summed E-state index contributed by atoms with van der Waals surface area (Å²) in [6.07, 6.45) is 5.17. The van der Waals surface area contributed by atoms with Crippen molar-refractivity contribution in [3.63, 3.8) is 0 Å². The summed E-state index contributed by atoms with van der Waals surface area (Å²) in [6, 6.07) is 8.96. The van der Waals surface area contributed by atoms with Crippen molar-refractivity contribution in [1.82, 2.24) is 23.2 Å². The molecule has 0 bridgehead atoms. The molecule has 1 aliphatic carbocycles. The minimum atomic E-state index is -3.68. The minimum absolute atomic E-state index is 0.0153. The third-order valence-corrected chi connectivity index (χ3v) is 15.4. The molecule has 0 radical (unpaired) electrons. The Morgan fingerprint density at radius 3 is 2.49 bits per heavy atom. The summed E-state index contributed by atoms with van der Waals surface area (Å²) in [5, 5.41) is 5.31. The molecule has 12 heteroatoms. The van der Waals surface area contributed by atoms with Gasteiger partial charge in [-0.05, 0) is 81.6 Å². The number of aryl methyl sites for hydroxylation is 2. The molecule has 4 heterocycles. The molecule has 1 N–H and O–H groups in total. The van der Waals surface area contributed by atoms with E-state index in [4.69, 9.17) is 9.16 Å². The van der Waals surface area contributed by atoms with E-state index in [-0.39, 0.29) is 29.1 Å². The summed E-state index contributed by atoms with van der Waals surface area (Å²) in [4.78, 5) is 15.5. The van der Waals surface area contributed by atoms with E-state index in [9.17, 15) is 13.2 Å². The van der Waals surface area contributed by atoms with Crippen LogP contribution < -0.4 is 9.46 Å². The van der Waals surface area contributed by atoms with Gasteiger partial charge in [0.05, 0.1) is 29.4 Å². The second-order valence-electron chi connectivity index (χ2n) is 13.5. The molecular formula is C31H41N5O5SSi. The van der Waals surface area contributed by atoms with Crippen molar-refractivity contribution in [3.05, 3.63) is 59.5 Å². The van der Waals surface area contributed by atoms with Gasteiger partial charge in [-0.1, -0.05) is 20.8 Å². The first kappa shape index (κ1) is 29.9. The average Bonchev–Trinajstić information content (AvgIpc) is 3.55. The first-order valence-corrected chi connectivity index (χ1v) is 19.2. The van der Waals surface area contributed by atoms with E-state index < -0.39 is 18.5 Å². The van der Waals surface area contributed by atoms with Crippen LogP contribution in [0.15, 0.2) is 42.7 Å². The van der Waals surface area contributed by atoms with Crippen LogP contribution in [0.25, 0.3) is 16.4 Å². The fraction of sp³-hybridized carbons (Fsp3) is 0.484. The molecule has 2 aliphatic rings. The number of amides is 1. The van der Waals surface area contributed by atoms with Gasteiger partial charge in [-0.15, -0.1) is 0 Å². The van der Waals surface area contributed by atoms with Crippen molar-refractivity contribution in [2.75, 3.05) is 6.54 Å². The number of nitrogens with one attached hydrogen (secondary N) is 1. The third kappa shape index (κ3) is 5.28. The highest BCUT2D eigenvalue weighted by Crippen LogP contribution is 2.40. The number of aromatic nitrogens is 3. The molecule has 10 nitrogen and oxygen atoms in total. The number of hydrogen-bond acceptors (Lipinski definition) is 6. The quantitative estimate of drug-likeness (QED) is 0.250. The first-order valence-electron chi connectivity index (χ1n) is 14.9. The van der Waals surface area contributed by atoms with Gasteiger partial charge in [-0.25, -0.2) is 8.49 Å². The molecule has 4 aromatic rings. The summed E-state index contributed by atoms with van der Waals surface area (Å²) in [6.45, 7) is 17.5. The maximum absolute atomic E-state index is 13.7. The van der Waals surface area contributed by atoms with E-state index in [1.165, 1.54) is 3.97 Å². The lowest BCUT2D eigenvalue weighted by atomic mass is 9.99. The van der Waals surface area contributed by atoms with Gasteiger partial charge >= 0.3 is 10.2 Å². The van der Waals surface area contributed by atoms with Crippen LogP contribution in [0.5, 0.6) is 11.5 Å². The highest BCUT2D eigenvalue weighted by Gasteiger charge is 2.47. The zero-order valence-electron chi connectivity index (χ0n) is 26.1. The van der Waals surface area contributed by atoms with Gasteiger partial charge < -0.3 is 14.1 Å². The smallest absolute Gasteiger partial charge is 0.305 e. The molecule has 1 amide bonds. The van der Waals surface area contributed by atoms with E-state index in [1.54, 1.807) is 42.0 Å². The van der Waals surface area contributed by atoms with E-state index in [2.05, 4.69) is 50.6 Å². The minimum Gasteiger partial charge on any atom is -0.455 e. The lowest BCUT2D eigenvalue weighted by Gasteiger charge is -2.50. The first-order chi connectivity index (χ1) is 20.1. The fourth-order valence-electron chi connectivity index (χ4n) is 5.49. The van der Waals surface area contributed by atoms with Gasteiger partial charge in [-0.2, -0.15) is 18.2 Å². The number of hydrogen-bond donors (Lipinski definition) is 1. The van der Waals surface area contributed by atoms with Gasteiger partial charge in [0.25, 0.3) is 5.91 Å². The third-order valence-electron chi connectivity index (χ3n) is 9.30. The maximum atomic E-state index is 13.7. The van der Waals surface area contributed by atoms with Gasteiger partial charge in [0, 0.05) is 35.9 Å². The Kier molecular flexibility index (Phi) is 7.07. The van der Waals surface area contributed by atoms with Crippen LogP contribution in [0.4, 0.5) is 0 Å². The fourth-order valence-corrected chi connectivity index (χ4v) is 8.49. The van der Waals surface area contributed by atoms with E-state index in [0.29, 0.717) is 40.3 Å². The lowest BCUT2D eigenvalue weighted by Crippen LogP contribution is -2.64. The van der Waals surface area contributed by atoms with Crippen molar-refractivity contribution in [2.45, 2.75) is 90.7 Å². The number of benzene rings is 1. The van der Waals surface area contributed by atoms with E-state index in [1.807, 2.05) is 24.0 Å². The van der Waals surface area contributed by atoms with Crippen molar-refractivity contribution in [2.24, 2.45) is 0 Å². The van der Waals surface area contributed by atoms with Crippen molar-refractivity contribution in [1.29, 1.82) is 0 Å². The second kappa shape index (κ2) is 10.2. The van der Waals surface area contributed by atoms with Crippen LogP contribution >= 0.6 is 0 Å². The molecular weight excluding hydrogens is 583 g/mol. The number of fused-ring (bicyclic) bond motifs is 2. The molecule has 0 spiro atoms. The maximum Gasteiger partial charge on any atom is 0.305 e. The van der Waals surface area contributed by atoms with Crippen LogP contribution in [0, 0.1) is 13.8 Å². The van der Waals surface area contributed by atoms with E-state index >= 15 is 0 Å². The Bertz CT molecular complexity index is 1850. The molecule has 6 rings (SSSR count). The summed E-state index contributed by atoms with van der Waals surface area (Å²) in [5.74, 6) is 1.07. The molecule has 2 fully saturated rings. The number of rotatable bonds is 8. The number of carbonyl (C=O) groups is 1. The van der Waals surface area contributed by atoms with Crippen molar-refractivity contribution >= 4 is 40.9 Å². The molecule has 3 aromatic heterocycles. The van der Waals surface area contributed by atoms with Gasteiger partial charge in [0.15, 0.2) is 14.1 Å². The summed E-state index contributed by atoms with van der Waals surface area (Å²) in [7, 11) is -5.62. The highest BCUT2D eigenvalue weighted by molar-refractivity contribution is 7.88. The summed E-state index contributed by atoms with van der Waals surface area (Å²) < 4.78 is 44.7. The average molecular weight is 624 g/mol. The molecule has 230 valence electrons. The van der Waals surface area contributed by atoms with Crippen LogP contribution in [0.3, 0.4) is 0 Å². The Morgan fingerprint density at radius 1 is 1.12 bits per heavy atom. The predicted octanol–water partition coefficient (Wildman–Crippen LogP) is 5.78. The molecule has 1 aromatic carbocycles. The van der Waals surface area contributed by atoms with Crippen LogP contribution in [0.1, 0.15) is 62.2 Å². The van der Waals surface area contributed by atoms with Crippen LogP contribution in [-0.2, 0) is 14.6 Å². The zero-order valence-corrected chi connectivity index (χ0v) is 27.9. The van der Waals surface area contributed by atoms with Gasteiger partial charge in [0.1, 0.15) is 11.3 Å². The number of carbonyl (C=O) groups excluding carboxylic acids is 1. The molecule has 0 unspecified atom stereocenters. The SMILES string of the molecule is Cc1c(C(=O)N2C[C@@H](O[Si](C)(C)C(C)(C)C)[C@H]2C)cn2nccc(Oc3ccc4c(c3)cc(C)n4S(=O)(=O)NC3CC3)c12. The normalized spacial score (nSPS) is 19.7. The molecule has 1 saturated heterocycles. The Labute approximate surface area is 254 Å². The van der Waals surface area contributed by atoms with Gasteiger partial charge in [0.2, 0.25) is 0 Å². The van der Waals surface area contributed by atoms with Crippen LogP contribution in [0.2, 0.25) is 18.1 Å². The molecule has 1 aliphatic heterocycles. The van der Waals surface area contributed by atoms with Gasteiger partial charge in [-0.3, -0.25) is 4.79 Å². The standard InChI is InChI=1S/C31H41N5O5SSi/c1-19-15-22-16-24(11-12-26(22)36(19)42(38,39)33-23-9-10-23)40-27-13-14-32-35-17-25(20(2)29(27)35)30(37)34-18-28(21(34)3)41-43(7,8)31(4,5)6/h11-17,21,23,28,33H,9-10,18H2,1-8H3/t21-,28-/m1/s1. The second-order valence-corrected chi connectivity index (χ2v) is 19.8. The molecule has 43 heavy (non-hydrogen) atoms. The molecule has 2 atom stereocenters. The summed E-state index contributed by atoms with van der Waals surface area (Å²) in [5.41, 5.74) is 3.28. The van der Waals surface area contributed by atoms with E-state index in [0.717, 1.165) is 23.8 Å².